The Kier molecular flexibility index (Phi) is 5.92. The smallest absolute Gasteiger partial charge is 0.280 e. The van der Waals surface area contributed by atoms with Gasteiger partial charge < -0.3 is 9.30 Å². The zero-order valence-corrected chi connectivity index (χ0v) is 17.5. The van der Waals surface area contributed by atoms with Crippen LogP contribution in [0.4, 0.5) is 0 Å². The van der Waals surface area contributed by atoms with E-state index >= 15 is 0 Å². The summed E-state index contributed by atoms with van der Waals surface area (Å²) in [5.74, 6) is -0.396. The number of rotatable bonds is 5. The number of primary sulfonamides is 1. The highest BCUT2D eigenvalue weighted by Gasteiger charge is 2.14. The van der Waals surface area contributed by atoms with Crippen LogP contribution in [-0.2, 0) is 21.3 Å². The van der Waals surface area contributed by atoms with Gasteiger partial charge in [-0.2, -0.15) is 4.99 Å². The summed E-state index contributed by atoms with van der Waals surface area (Å²) in [4.78, 5) is 17.3. The molecule has 0 aliphatic heterocycles. The van der Waals surface area contributed by atoms with Crippen LogP contribution >= 0.6 is 27.3 Å². The van der Waals surface area contributed by atoms with Gasteiger partial charge in [0.2, 0.25) is 10.0 Å². The number of amides is 1. The molecule has 2 aromatic carbocycles. The second-order valence-electron chi connectivity index (χ2n) is 5.60. The summed E-state index contributed by atoms with van der Waals surface area (Å²) in [6.07, 6.45) is 0. The Morgan fingerprint density at radius 3 is 2.70 bits per heavy atom. The summed E-state index contributed by atoms with van der Waals surface area (Å²) in [6.45, 7) is 0.881. The van der Waals surface area contributed by atoms with Crippen LogP contribution in [0.2, 0.25) is 0 Å². The van der Waals surface area contributed by atoms with Crippen LogP contribution in [0, 0.1) is 0 Å². The summed E-state index contributed by atoms with van der Waals surface area (Å²) < 4.78 is 31.5. The van der Waals surface area contributed by atoms with E-state index in [0.29, 0.717) is 32.7 Å². The van der Waals surface area contributed by atoms with Crippen LogP contribution in [-0.4, -0.2) is 32.6 Å². The van der Waals surface area contributed by atoms with E-state index < -0.39 is 15.9 Å². The van der Waals surface area contributed by atoms with E-state index in [4.69, 9.17) is 9.88 Å². The number of nitrogens with zero attached hydrogens (tertiary/aromatic N) is 2. The molecule has 142 valence electrons. The van der Waals surface area contributed by atoms with E-state index in [1.54, 1.807) is 31.4 Å². The average Bonchev–Trinajstić information content (AvgIpc) is 2.95. The number of fused-ring (bicyclic) bond motifs is 1. The van der Waals surface area contributed by atoms with Crippen molar-refractivity contribution in [1.82, 2.24) is 4.57 Å². The summed E-state index contributed by atoms with van der Waals surface area (Å²) in [7, 11) is -2.24. The predicted octanol–water partition coefficient (Wildman–Crippen LogP) is 2.50. The van der Waals surface area contributed by atoms with Crippen molar-refractivity contribution in [2.24, 2.45) is 10.1 Å². The number of aromatic nitrogens is 1. The number of nitrogens with two attached hydrogens (primary N) is 1. The number of halogens is 1. The Morgan fingerprint density at radius 2 is 2.04 bits per heavy atom. The lowest BCUT2D eigenvalue weighted by atomic mass is 10.2. The molecule has 2 N–H and O–H groups in total. The fourth-order valence-corrected chi connectivity index (χ4v) is 4.66. The van der Waals surface area contributed by atoms with Gasteiger partial charge in [0.1, 0.15) is 0 Å². The van der Waals surface area contributed by atoms with Gasteiger partial charge in [-0.15, -0.1) is 0 Å². The molecule has 7 nitrogen and oxygen atoms in total. The highest BCUT2D eigenvalue weighted by atomic mass is 79.9. The molecule has 0 radical (unpaired) electrons. The van der Waals surface area contributed by atoms with Gasteiger partial charge in [-0.3, -0.25) is 4.79 Å². The third kappa shape index (κ3) is 4.36. The second-order valence-corrected chi connectivity index (χ2v) is 9.03. The van der Waals surface area contributed by atoms with Crippen molar-refractivity contribution in [2.75, 3.05) is 13.7 Å². The first kappa shape index (κ1) is 19.9. The lowest BCUT2D eigenvalue weighted by molar-refractivity contribution is 0.0996. The first-order chi connectivity index (χ1) is 12.8. The fourth-order valence-electron chi connectivity index (χ4n) is 2.50. The molecule has 1 heterocycles. The molecular weight excluding hydrogens is 454 g/mol. The molecule has 0 bridgehead atoms. The van der Waals surface area contributed by atoms with Crippen molar-refractivity contribution in [3.8, 4) is 0 Å². The maximum absolute atomic E-state index is 12.6. The van der Waals surface area contributed by atoms with Gasteiger partial charge in [0, 0.05) is 18.1 Å². The molecule has 0 spiro atoms. The Bertz CT molecular complexity index is 1180. The third-order valence-electron chi connectivity index (χ3n) is 3.80. The normalized spacial score (nSPS) is 12.6. The summed E-state index contributed by atoms with van der Waals surface area (Å²) >= 11 is 4.57. The quantitative estimate of drug-likeness (QED) is 0.619. The first-order valence-electron chi connectivity index (χ1n) is 7.80. The van der Waals surface area contributed by atoms with Crippen LogP contribution in [0.1, 0.15) is 10.4 Å². The van der Waals surface area contributed by atoms with E-state index in [2.05, 4.69) is 20.9 Å². The van der Waals surface area contributed by atoms with E-state index in [-0.39, 0.29) is 4.90 Å². The Labute approximate surface area is 168 Å². The molecule has 27 heavy (non-hydrogen) atoms. The number of carbonyl (C=O) groups is 1. The average molecular weight is 470 g/mol. The van der Waals surface area contributed by atoms with Gasteiger partial charge in [-0.1, -0.05) is 23.5 Å². The zero-order chi connectivity index (χ0) is 19.6. The van der Waals surface area contributed by atoms with Crippen LogP contribution in [0.15, 0.2) is 56.8 Å². The van der Waals surface area contributed by atoms with Gasteiger partial charge in [0.05, 0.1) is 27.3 Å². The highest BCUT2D eigenvalue weighted by Crippen LogP contribution is 2.22. The number of hydrogen-bond donors (Lipinski definition) is 1. The molecule has 0 fully saturated rings. The molecule has 10 heteroatoms. The fraction of sp³-hybridized carbons (Fsp3) is 0.176. The molecule has 0 atom stereocenters. The van der Waals surface area contributed by atoms with Crippen LogP contribution in [0.5, 0.6) is 0 Å². The summed E-state index contributed by atoms with van der Waals surface area (Å²) in [5, 5.41) is 5.21. The number of thiazole rings is 1. The maximum atomic E-state index is 12.6. The molecule has 3 aromatic rings. The second kappa shape index (κ2) is 8.03. The van der Waals surface area contributed by atoms with E-state index in [0.717, 1.165) is 5.52 Å². The van der Waals surface area contributed by atoms with Gasteiger partial charge in [-0.25, -0.2) is 13.6 Å². The predicted molar refractivity (Wildman–Crippen MR) is 107 cm³/mol. The van der Waals surface area contributed by atoms with Gasteiger partial charge >= 0.3 is 0 Å². The van der Waals surface area contributed by atoms with Gasteiger partial charge in [0.25, 0.3) is 5.91 Å². The van der Waals surface area contributed by atoms with Crippen molar-refractivity contribution in [3.05, 3.63) is 57.3 Å². The van der Waals surface area contributed by atoms with Gasteiger partial charge in [0.15, 0.2) is 4.80 Å². The number of ether oxygens (including phenoxy) is 1. The largest absolute Gasteiger partial charge is 0.383 e. The minimum absolute atomic E-state index is 0.0128. The number of hydrogen-bond acceptors (Lipinski definition) is 5. The third-order valence-corrected chi connectivity index (χ3v) is 6.45. The monoisotopic (exact) mass is 469 g/mol. The summed E-state index contributed by atoms with van der Waals surface area (Å²) in [5.41, 5.74) is 1.20. The molecule has 0 saturated carbocycles. The van der Waals surface area contributed by atoms with E-state index in [1.165, 1.54) is 23.5 Å². The van der Waals surface area contributed by atoms with Crippen molar-refractivity contribution in [1.29, 1.82) is 0 Å². The van der Waals surface area contributed by atoms with E-state index in [1.807, 2.05) is 10.6 Å². The Morgan fingerprint density at radius 1 is 1.30 bits per heavy atom. The molecular formula is C17H16BrN3O4S2. The van der Waals surface area contributed by atoms with Crippen molar-refractivity contribution in [3.63, 3.8) is 0 Å². The molecule has 0 saturated heterocycles. The number of methoxy groups -OCH3 is 1. The molecule has 1 aromatic heterocycles. The maximum Gasteiger partial charge on any atom is 0.280 e. The van der Waals surface area contributed by atoms with Crippen molar-refractivity contribution in [2.45, 2.75) is 11.4 Å². The molecule has 1 amide bonds. The molecule has 3 rings (SSSR count). The zero-order valence-electron chi connectivity index (χ0n) is 14.3. The molecule has 0 unspecified atom stereocenters. The van der Waals surface area contributed by atoms with E-state index in [9.17, 15) is 13.2 Å². The Hall–Kier alpha value is -1.85. The van der Waals surface area contributed by atoms with Crippen LogP contribution < -0.4 is 9.94 Å². The number of benzene rings is 2. The summed E-state index contributed by atoms with van der Waals surface area (Å²) in [6, 6.07) is 11.6. The minimum atomic E-state index is -3.82. The van der Waals surface area contributed by atoms with Crippen LogP contribution in [0.3, 0.4) is 0 Å². The highest BCUT2D eigenvalue weighted by molar-refractivity contribution is 9.10. The standard InChI is InChI=1S/C17H16BrN3O4S2/c1-25-9-8-21-14-7-6-11(27(19,23)24)10-15(14)26-17(21)20-16(22)12-4-2-3-5-13(12)18/h2-7,10H,8-9H2,1H3,(H2,19,23,24). The number of carbonyl (C=O) groups excluding carboxylic acids is 1. The minimum Gasteiger partial charge on any atom is -0.383 e. The number of sulfonamides is 1. The van der Waals surface area contributed by atoms with Crippen molar-refractivity contribution >= 4 is 53.4 Å². The molecule has 0 aliphatic carbocycles. The van der Waals surface area contributed by atoms with Gasteiger partial charge in [-0.05, 0) is 46.3 Å². The lowest BCUT2D eigenvalue weighted by Gasteiger charge is -2.05. The lowest BCUT2D eigenvalue weighted by Crippen LogP contribution is -2.19. The van der Waals surface area contributed by atoms with Crippen molar-refractivity contribution < 1.29 is 17.9 Å². The van der Waals surface area contributed by atoms with Crippen LogP contribution in [0.25, 0.3) is 10.2 Å². The first-order valence-corrected chi connectivity index (χ1v) is 11.0. The Balaban J connectivity index is 2.18. The SMILES string of the molecule is COCCn1c(=NC(=O)c2ccccc2Br)sc2cc(S(N)(=O)=O)ccc21. The topological polar surface area (TPSA) is 104 Å². The molecule has 0 aliphatic rings.